The van der Waals surface area contributed by atoms with Gasteiger partial charge in [0.2, 0.25) is 0 Å². The Balaban J connectivity index is 1.42. The van der Waals surface area contributed by atoms with Gasteiger partial charge in [0, 0.05) is 4.88 Å². The van der Waals surface area contributed by atoms with Crippen molar-refractivity contribution in [1.29, 1.82) is 0 Å². The Morgan fingerprint density at radius 2 is 1.41 bits per heavy atom. The summed E-state index contributed by atoms with van der Waals surface area (Å²) in [5.74, 6) is -0.628. The smallest absolute Gasteiger partial charge is 0.462 e. The van der Waals surface area contributed by atoms with Crippen molar-refractivity contribution in [1.82, 2.24) is 0 Å². The highest BCUT2D eigenvalue weighted by molar-refractivity contribution is 7.80. The van der Waals surface area contributed by atoms with Gasteiger partial charge in [-0.1, -0.05) is 32.9 Å². The van der Waals surface area contributed by atoms with Crippen molar-refractivity contribution in [3.8, 4) is 16.2 Å². The normalized spacial score (nSPS) is 11.3. The van der Waals surface area contributed by atoms with Crippen LogP contribution in [0.1, 0.15) is 47.4 Å². The van der Waals surface area contributed by atoms with Crippen molar-refractivity contribution >= 4 is 52.7 Å². The van der Waals surface area contributed by atoms with Crippen LogP contribution in [0.25, 0.3) is 10.4 Å². The van der Waals surface area contributed by atoms with E-state index in [2.05, 4.69) is 0 Å². The molecule has 1 aromatic heterocycles. The number of carbonyl (C=O) groups excluding carboxylic acids is 2. The van der Waals surface area contributed by atoms with Crippen molar-refractivity contribution in [3.63, 3.8) is 0 Å². The van der Waals surface area contributed by atoms with Gasteiger partial charge in [-0.15, -0.1) is 0 Å². The zero-order valence-corrected chi connectivity index (χ0v) is 23.7. The summed E-state index contributed by atoms with van der Waals surface area (Å²) in [4.78, 5) is 25.8. The van der Waals surface area contributed by atoms with Crippen LogP contribution in [0.4, 0.5) is 0 Å². The van der Waals surface area contributed by atoms with Crippen LogP contribution in [0.15, 0.2) is 54.6 Å². The molecule has 0 aliphatic carbocycles. The lowest BCUT2D eigenvalue weighted by Crippen LogP contribution is -2.10. The third kappa shape index (κ3) is 9.22. The van der Waals surface area contributed by atoms with Gasteiger partial charge in [0.15, 0.2) is 0 Å². The van der Waals surface area contributed by atoms with Crippen LogP contribution in [-0.4, -0.2) is 38.4 Å². The molecule has 37 heavy (non-hydrogen) atoms. The zero-order chi connectivity index (χ0) is 26.7. The van der Waals surface area contributed by atoms with E-state index < -0.39 is 19.8 Å². The molecule has 0 saturated carbocycles. The molecule has 0 aliphatic heterocycles. The second-order valence-corrected chi connectivity index (χ2v) is 12.0. The fourth-order valence-corrected chi connectivity index (χ4v) is 6.64. The van der Waals surface area contributed by atoms with Gasteiger partial charge < -0.3 is 9.47 Å². The molecular formula is C25H27O8PS3. The largest absolute Gasteiger partial charge is 0.474 e. The van der Waals surface area contributed by atoms with E-state index >= 15 is 0 Å². The number of esters is 2. The first-order valence-electron chi connectivity index (χ1n) is 11.6. The second kappa shape index (κ2) is 14.6. The summed E-state index contributed by atoms with van der Waals surface area (Å²) >= 11 is 5.17. The van der Waals surface area contributed by atoms with Gasteiger partial charge in [0.1, 0.15) is 9.57 Å². The van der Waals surface area contributed by atoms with Crippen molar-refractivity contribution < 1.29 is 37.2 Å². The summed E-state index contributed by atoms with van der Waals surface area (Å²) in [7, 11) is -0.391. The van der Waals surface area contributed by atoms with Gasteiger partial charge in [0.05, 0.1) is 37.6 Å². The van der Waals surface area contributed by atoms with Gasteiger partial charge in [-0.25, -0.2) is 14.2 Å². The molecule has 0 spiro atoms. The van der Waals surface area contributed by atoms with E-state index in [1.165, 1.54) is 24.3 Å². The van der Waals surface area contributed by atoms with E-state index in [1.807, 2.05) is 18.2 Å². The van der Waals surface area contributed by atoms with E-state index in [1.54, 1.807) is 46.7 Å². The SMILES string of the molecule is CCOP(=O)(OCC)OCCCCOC(=O)c1ccc(C(=O)Oc2ccc(-c3cc(=S)ss3)cc2)cc1. The van der Waals surface area contributed by atoms with Crippen LogP contribution in [0, 0.1) is 3.82 Å². The molecule has 0 fully saturated rings. The summed E-state index contributed by atoms with van der Waals surface area (Å²) < 4.78 is 39.0. The molecular weight excluding hydrogens is 555 g/mol. The molecule has 0 radical (unpaired) electrons. The number of hydrogen-bond donors (Lipinski definition) is 0. The van der Waals surface area contributed by atoms with Gasteiger partial charge in [-0.2, -0.15) is 0 Å². The maximum absolute atomic E-state index is 12.5. The van der Waals surface area contributed by atoms with Gasteiger partial charge >= 0.3 is 19.8 Å². The molecule has 0 saturated heterocycles. The van der Waals surface area contributed by atoms with E-state index in [-0.39, 0.29) is 26.4 Å². The monoisotopic (exact) mass is 582 g/mol. The molecule has 0 atom stereocenters. The Labute approximate surface area is 228 Å². The summed E-state index contributed by atoms with van der Waals surface area (Å²) in [6.45, 7) is 4.14. The van der Waals surface area contributed by atoms with Crippen molar-refractivity contribution in [2.75, 3.05) is 26.4 Å². The Hall–Kier alpha value is -2.24. The van der Waals surface area contributed by atoms with Crippen LogP contribution >= 0.6 is 40.7 Å². The standard InChI is InChI=1S/C25H27O8PS3/c1-3-30-34(28,31-4-2)32-16-6-5-15-29-24(26)19-7-9-20(10-8-19)25(27)33-21-13-11-18(12-14-21)22-17-23(35)37-36-22/h7-14,17H,3-6,15-16H2,1-2H3. The molecule has 2 aromatic carbocycles. The first kappa shape index (κ1) is 29.3. The summed E-state index contributed by atoms with van der Waals surface area (Å²) in [6, 6.07) is 15.2. The highest BCUT2D eigenvalue weighted by Gasteiger charge is 2.24. The van der Waals surface area contributed by atoms with Gasteiger partial charge in [-0.05, 0) is 86.8 Å². The summed E-state index contributed by atoms with van der Waals surface area (Å²) in [5.41, 5.74) is 1.62. The molecule has 0 amide bonds. The lowest BCUT2D eigenvalue weighted by molar-refractivity contribution is 0.0487. The van der Waals surface area contributed by atoms with Crippen LogP contribution in [-0.2, 0) is 22.9 Å². The van der Waals surface area contributed by atoms with Crippen LogP contribution in [0.5, 0.6) is 5.75 Å². The zero-order valence-electron chi connectivity index (χ0n) is 20.4. The number of unbranched alkanes of at least 4 members (excludes halogenated alkanes) is 1. The number of carbonyl (C=O) groups is 2. The molecule has 0 bridgehead atoms. The maximum atomic E-state index is 12.5. The molecule has 0 unspecified atom stereocenters. The number of hydrogen-bond acceptors (Lipinski definition) is 11. The predicted molar refractivity (Wildman–Crippen MR) is 146 cm³/mol. The number of benzene rings is 2. The molecule has 3 rings (SSSR count). The Morgan fingerprint density at radius 1 is 0.811 bits per heavy atom. The van der Waals surface area contributed by atoms with Gasteiger partial charge in [-0.3, -0.25) is 13.6 Å². The number of phosphoric ester groups is 1. The van der Waals surface area contributed by atoms with Crippen molar-refractivity contribution in [2.24, 2.45) is 0 Å². The number of phosphoric acid groups is 1. The molecule has 0 N–H and O–H groups in total. The summed E-state index contributed by atoms with van der Waals surface area (Å²) in [5, 5.41) is 0. The molecule has 8 nitrogen and oxygen atoms in total. The molecule has 3 aromatic rings. The fraction of sp³-hybridized carbons (Fsp3) is 0.320. The third-order valence-electron chi connectivity index (χ3n) is 4.76. The highest BCUT2D eigenvalue weighted by Crippen LogP contribution is 2.49. The van der Waals surface area contributed by atoms with Crippen LogP contribution < -0.4 is 4.74 Å². The lowest BCUT2D eigenvalue weighted by atomic mass is 10.1. The topological polar surface area (TPSA) is 97.4 Å². The number of rotatable bonds is 14. The fourth-order valence-electron chi connectivity index (χ4n) is 3.02. The second-order valence-electron chi connectivity index (χ2n) is 7.44. The molecule has 1 heterocycles. The first-order valence-corrected chi connectivity index (χ1v) is 15.6. The van der Waals surface area contributed by atoms with E-state index in [0.717, 1.165) is 14.3 Å². The van der Waals surface area contributed by atoms with Crippen molar-refractivity contribution in [3.05, 3.63) is 69.5 Å². The average Bonchev–Trinajstić information content (AvgIpc) is 3.33. The Kier molecular flexibility index (Phi) is 11.6. The lowest BCUT2D eigenvalue weighted by Gasteiger charge is -2.16. The molecule has 12 heteroatoms. The van der Waals surface area contributed by atoms with E-state index in [4.69, 9.17) is 35.3 Å². The Bertz CT molecular complexity index is 1260. The summed E-state index contributed by atoms with van der Waals surface area (Å²) in [6.07, 6.45) is 1.01. The first-order chi connectivity index (χ1) is 17.8. The minimum absolute atomic E-state index is 0.151. The molecule has 0 aliphatic rings. The quantitative estimate of drug-likeness (QED) is 0.0476. The minimum atomic E-state index is -3.53. The average molecular weight is 583 g/mol. The highest BCUT2D eigenvalue weighted by atomic mass is 32.9. The van der Waals surface area contributed by atoms with Gasteiger partial charge in [0.25, 0.3) is 0 Å². The predicted octanol–water partition coefficient (Wildman–Crippen LogP) is 7.56. The van der Waals surface area contributed by atoms with Crippen molar-refractivity contribution in [2.45, 2.75) is 26.7 Å². The maximum Gasteiger partial charge on any atom is 0.474 e. The van der Waals surface area contributed by atoms with Crippen LogP contribution in [0.2, 0.25) is 0 Å². The number of ether oxygens (including phenoxy) is 2. The molecule has 198 valence electrons. The van der Waals surface area contributed by atoms with Crippen LogP contribution in [0.3, 0.4) is 0 Å². The third-order valence-corrected chi connectivity index (χ3v) is 9.32. The van der Waals surface area contributed by atoms with E-state index in [0.29, 0.717) is 29.7 Å². The van der Waals surface area contributed by atoms with E-state index in [9.17, 15) is 14.2 Å². The minimum Gasteiger partial charge on any atom is -0.462 e. The Morgan fingerprint density at radius 3 is 1.97 bits per heavy atom.